The Balaban J connectivity index is 2.32. The zero-order valence-electron chi connectivity index (χ0n) is 13.0. The van der Waals surface area contributed by atoms with Crippen molar-refractivity contribution in [3.8, 4) is 0 Å². The molecule has 5 heteroatoms. The van der Waals surface area contributed by atoms with Crippen LogP contribution in [0.4, 0.5) is 5.82 Å². The molecule has 1 aliphatic heterocycles. The molecule has 1 unspecified atom stereocenters. The van der Waals surface area contributed by atoms with Crippen molar-refractivity contribution in [1.29, 1.82) is 0 Å². The van der Waals surface area contributed by atoms with E-state index in [1.54, 1.807) is 0 Å². The average Bonchev–Trinajstić information content (AvgIpc) is 2.62. The second-order valence-corrected chi connectivity index (χ2v) is 5.67. The SMILES string of the molecule is CCNCc1c(C)nn(C)c1N1CCCCCC1CO. The molecule has 2 heterocycles. The van der Waals surface area contributed by atoms with Crippen LogP contribution >= 0.6 is 0 Å². The molecule has 1 atom stereocenters. The van der Waals surface area contributed by atoms with Crippen molar-refractivity contribution >= 4 is 5.82 Å². The second-order valence-electron chi connectivity index (χ2n) is 5.67. The third-order valence-corrected chi connectivity index (χ3v) is 4.22. The van der Waals surface area contributed by atoms with Gasteiger partial charge < -0.3 is 15.3 Å². The number of nitrogens with zero attached hydrogens (tertiary/aromatic N) is 3. The highest BCUT2D eigenvalue weighted by atomic mass is 16.3. The molecule has 0 aliphatic carbocycles. The zero-order valence-corrected chi connectivity index (χ0v) is 13.0. The molecule has 2 N–H and O–H groups in total. The normalized spacial score (nSPS) is 20.2. The van der Waals surface area contributed by atoms with E-state index >= 15 is 0 Å². The minimum atomic E-state index is 0.227. The minimum Gasteiger partial charge on any atom is -0.394 e. The first-order valence-corrected chi connectivity index (χ1v) is 7.79. The molecular weight excluding hydrogens is 252 g/mol. The first-order valence-electron chi connectivity index (χ1n) is 7.79. The Labute approximate surface area is 122 Å². The molecule has 0 radical (unpaired) electrons. The largest absolute Gasteiger partial charge is 0.394 e. The van der Waals surface area contributed by atoms with E-state index in [0.717, 1.165) is 31.7 Å². The Hall–Kier alpha value is -1.07. The number of nitrogens with one attached hydrogen (secondary N) is 1. The van der Waals surface area contributed by atoms with E-state index < -0.39 is 0 Å². The van der Waals surface area contributed by atoms with Crippen LogP contribution in [0.5, 0.6) is 0 Å². The van der Waals surface area contributed by atoms with E-state index in [0.29, 0.717) is 0 Å². The number of aromatic nitrogens is 2. The third-order valence-electron chi connectivity index (χ3n) is 4.22. The Bertz CT molecular complexity index is 430. The van der Waals surface area contributed by atoms with Crippen molar-refractivity contribution in [3.05, 3.63) is 11.3 Å². The Kier molecular flexibility index (Phi) is 5.43. The summed E-state index contributed by atoms with van der Waals surface area (Å²) in [6, 6.07) is 0.229. The van der Waals surface area contributed by atoms with Gasteiger partial charge in [0.2, 0.25) is 0 Å². The summed E-state index contributed by atoms with van der Waals surface area (Å²) in [6.07, 6.45) is 4.73. The lowest BCUT2D eigenvalue weighted by Gasteiger charge is -2.31. The van der Waals surface area contributed by atoms with E-state index in [1.807, 2.05) is 11.7 Å². The van der Waals surface area contributed by atoms with Crippen molar-refractivity contribution in [2.45, 2.75) is 52.1 Å². The van der Waals surface area contributed by atoms with Gasteiger partial charge in [0, 0.05) is 25.7 Å². The van der Waals surface area contributed by atoms with E-state index in [1.165, 1.54) is 30.6 Å². The minimum absolute atomic E-state index is 0.227. The summed E-state index contributed by atoms with van der Waals surface area (Å²) in [4.78, 5) is 2.37. The van der Waals surface area contributed by atoms with Gasteiger partial charge in [-0.3, -0.25) is 4.68 Å². The van der Waals surface area contributed by atoms with Crippen molar-refractivity contribution in [3.63, 3.8) is 0 Å². The van der Waals surface area contributed by atoms with Crippen molar-refractivity contribution < 1.29 is 5.11 Å². The van der Waals surface area contributed by atoms with Crippen molar-refractivity contribution in [2.75, 3.05) is 24.6 Å². The number of hydrogen-bond acceptors (Lipinski definition) is 4. The van der Waals surface area contributed by atoms with E-state index in [4.69, 9.17) is 0 Å². The van der Waals surface area contributed by atoms with E-state index in [9.17, 15) is 5.11 Å². The highest BCUT2D eigenvalue weighted by Crippen LogP contribution is 2.28. The highest BCUT2D eigenvalue weighted by molar-refractivity contribution is 5.51. The monoisotopic (exact) mass is 280 g/mol. The van der Waals surface area contributed by atoms with Crippen LogP contribution in [0.15, 0.2) is 0 Å². The van der Waals surface area contributed by atoms with Gasteiger partial charge in [0.25, 0.3) is 0 Å². The summed E-state index contributed by atoms with van der Waals surface area (Å²) in [5, 5.41) is 17.7. The number of aliphatic hydroxyl groups is 1. The Morgan fingerprint density at radius 1 is 1.35 bits per heavy atom. The van der Waals surface area contributed by atoms with Gasteiger partial charge in [-0.15, -0.1) is 0 Å². The standard InChI is InChI=1S/C15H28N4O/c1-4-16-10-14-12(2)17-18(3)15(14)19-9-7-5-6-8-13(19)11-20/h13,16,20H,4-11H2,1-3H3. The number of anilines is 1. The lowest BCUT2D eigenvalue weighted by atomic mass is 10.1. The number of rotatable bonds is 5. The molecule has 5 nitrogen and oxygen atoms in total. The zero-order chi connectivity index (χ0) is 14.5. The van der Waals surface area contributed by atoms with Gasteiger partial charge in [0.1, 0.15) is 5.82 Å². The summed E-state index contributed by atoms with van der Waals surface area (Å²) in [7, 11) is 2.01. The molecule has 2 rings (SSSR count). The first kappa shape index (κ1) is 15.3. The molecular formula is C15H28N4O. The fourth-order valence-corrected chi connectivity index (χ4v) is 3.15. The molecule has 1 aromatic rings. The summed E-state index contributed by atoms with van der Waals surface area (Å²) in [5.74, 6) is 1.18. The summed E-state index contributed by atoms with van der Waals surface area (Å²) >= 11 is 0. The molecule has 1 fully saturated rings. The average molecular weight is 280 g/mol. The predicted molar refractivity (Wildman–Crippen MR) is 82.0 cm³/mol. The Morgan fingerprint density at radius 2 is 2.15 bits per heavy atom. The molecule has 0 aromatic carbocycles. The lowest BCUT2D eigenvalue weighted by Crippen LogP contribution is -2.39. The summed E-state index contributed by atoms with van der Waals surface area (Å²) < 4.78 is 1.98. The van der Waals surface area contributed by atoms with Gasteiger partial charge >= 0.3 is 0 Å². The van der Waals surface area contributed by atoms with E-state index in [-0.39, 0.29) is 12.6 Å². The Morgan fingerprint density at radius 3 is 2.85 bits per heavy atom. The molecule has 0 saturated carbocycles. The van der Waals surface area contributed by atoms with Crippen LogP contribution in [0.25, 0.3) is 0 Å². The van der Waals surface area contributed by atoms with E-state index in [2.05, 4.69) is 29.2 Å². The van der Waals surface area contributed by atoms with Gasteiger partial charge in [-0.05, 0) is 26.3 Å². The molecule has 114 valence electrons. The third kappa shape index (κ3) is 3.15. The second kappa shape index (κ2) is 7.09. The quantitative estimate of drug-likeness (QED) is 0.860. The van der Waals surface area contributed by atoms with Gasteiger partial charge in [0.15, 0.2) is 0 Å². The van der Waals surface area contributed by atoms with Gasteiger partial charge in [0.05, 0.1) is 18.3 Å². The molecule has 1 aliphatic rings. The summed E-state index contributed by atoms with van der Waals surface area (Å²) in [5.41, 5.74) is 2.36. The smallest absolute Gasteiger partial charge is 0.131 e. The fraction of sp³-hybridized carbons (Fsp3) is 0.800. The molecule has 20 heavy (non-hydrogen) atoms. The highest BCUT2D eigenvalue weighted by Gasteiger charge is 2.26. The maximum absolute atomic E-state index is 9.73. The number of aliphatic hydroxyl groups excluding tert-OH is 1. The molecule has 0 bridgehead atoms. The summed E-state index contributed by atoms with van der Waals surface area (Å²) in [6.45, 7) is 7.24. The van der Waals surface area contributed by atoms with Crippen LogP contribution in [-0.4, -0.2) is 40.6 Å². The molecule has 1 aromatic heterocycles. The maximum atomic E-state index is 9.73. The van der Waals surface area contributed by atoms with Gasteiger partial charge in [-0.2, -0.15) is 5.10 Å². The van der Waals surface area contributed by atoms with Crippen molar-refractivity contribution in [2.24, 2.45) is 7.05 Å². The maximum Gasteiger partial charge on any atom is 0.131 e. The van der Waals surface area contributed by atoms with Crippen LogP contribution in [0.2, 0.25) is 0 Å². The molecule has 1 saturated heterocycles. The lowest BCUT2D eigenvalue weighted by molar-refractivity contribution is 0.254. The fourth-order valence-electron chi connectivity index (χ4n) is 3.15. The number of hydrogen-bond donors (Lipinski definition) is 2. The molecule has 0 spiro atoms. The number of aryl methyl sites for hydroxylation is 2. The molecule has 0 amide bonds. The van der Waals surface area contributed by atoms with Crippen LogP contribution in [0.3, 0.4) is 0 Å². The first-order chi connectivity index (χ1) is 9.69. The van der Waals surface area contributed by atoms with Gasteiger partial charge in [-0.1, -0.05) is 19.8 Å². The van der Waals surface area contributed by atoms with Crippen LogP contribution in [-0.2, 0) is 13.6 Å². The van der Waals surface area contributed by atoms with Crippen LogP contribution < -0.4 is 10.2 Å². The van der Waals surface area contributed by atoms with Gasteiger partial charge in [-0.25, -0.2) is 0 Å². The predicted octanol–water partition coefficient (Wildman–Crippen LogP) is 1.58. The topological polar surface area (TPSA) is 53.3 Å². The van der Waals surface area contributed by atoms with Crippen molar-refractivity contribution in [1.82, 2.24) is 15.1 Å². The van der Waals surface area contributed by atoms with Crippen LogP contribution in [0, 0.1) is 6.92 Å². The van der Waals surface area contributed by atoms with Crippen LogP contribution in [0.1, 0.15) is 43.9 Å².